The van der Waals surface area contributed by atoms with Crippen molar-refractivity contribution in [2.24, 2.45) is 0 Å². The van der Waals surface area contributed by atoms with E-state index in [2.05, 4.69) is 82.3 Å². The van der Waals surface area contributed by atoms with E-state index in [9.17, 15) is 4.57 Å². The van der Waals surface area contributed by atoms with Crippen molar-refractivity contribution in [1.29, 1.82) is 0 Å². The summed E-state index contributed by atoms with van der Waals surface area (Å²) < 4.78 is 20.0. The van der Waals surface area contributed by atoms with Crippen molar-refractivity contribution in [3.05, 3.63) is 0 Å². The van der Waals surface area contributed by atoms with E-state index in [0.717, 1.165) is 57.8 Å². The molecule has 0 aromatic carbocycles. The van der Waals surface area contributed by atoms with Gasteiger partial charge in [-0.05, 0) is 93.9 Å². The van der Waals surface area contributed by atoms with Crippen LogP contribution in [0.4, 0.5) is 0 Å². The molecule has 0 amide bonds. The van der Waals surface area contributed by atoms with Gasteiger partial charge in [-0.1, -0.05) is 6.92 Å². The number of piperidine rings is 2. The van der Waals surface area contributed by atoms with E-state index < -0.39 is 7.44 Å². The van der Waals surface area contributed by atoms with Crippen LogP contribution < -0.4 is 10.6 Å². The van der Waals surface area contributed by atoms with Gasteiger partial charge in [0.1, 0.15) is 0 Å². The lowest BCUT2D eigenvalue weighted by atomic mass is 9.79. The molecule has 0 unspecified atom stereocenters. The molecule has 176 valence electrons. The molecule has 3 rings (SSSR count). The van der Waals surface area contributed by atoms with Gasteiger partial charge in [-0.3, -0.25) is 4.57 Å². The number of nitrogens with one attached hydrogen (secondary N) is 2. The van der Waals surface area contributed by atoms with Gasteiger partial charge in [-0.2, -0.15) is 0 Å². The zero-order chi connectivity index (χ0) is 22.6. The number of rotatable bonds is 4. The van der Waals surface area contributed by atoms with Crippen molar-refractivity contribution in [2.45, 2.75) is 135 Å². The first kappa shape index (κ1) is 24.7. The summed E-state index contributed by atoms with van der Waals surface area (Å²) in [5.74, 6) is 0. The lowest BCUT2D eigenvalue weighted by molar-refractivity contribution is 0.0703. The van der Waals surface area contributed by atoms with Crippen LogP contribution in [0.15, 0.2) is 0 Å². The van der Waals surface area contributed by atoms with Crippen molar-refractivity contribution in [1.82, 2.24) is 20.0 Å². The van der Waals surface area contributed by atoms with Crippen molar-refractivity contribution in [2.75, 3.05) is 19.3 Å². The van der Waals surface area contributed by atoms with Gasteiger partial charge in [-0.15, -0.1) is 0 Å². The number of hydrogen-bond acceptors (Lipinski definition) is 3. The fourth-order valence-corrected chi connectivity index (χ4v) is 10.9. The van der Waals surface area contributed by atoms with Gasteiger partial charge < -0.3 is 10.6 Å². The topological polar surface area (TPSA) is 47.6 Å². The Kier molecular flexibility index (Phi) is 6.70. The Bertz CT molecular complexity index is 590. The first-order valence-electron chi connectivity index (χ1n) is 12.3. The maximum Gasteiger partial charge on any atom is 0.217 e. The van der Waals surface area contributed by atoms with Crippen LogP contribution in [-0.2, 0) is 4.57 Å². The molecule has 0 bridgehead atoms. The summed E-state index contributed by atoms with van der Waals surface area (Å²) in [4.78, 5) is 0. The van der Waals surface area contributed by atoms with Crippen LogP contribution in [0.25, 0.3) is 0 Å². The lowest BCUT2D eigenvalue weighted by Crippen LogP contribution is -2.65. The van der Waals surface area contributed by atoms with Crippen molar-refractivity contribution >= 4 is 7.44 Å². The zero-order valence-electron chi connectivity index (χ0n) is 21.3. The van der Waals surface area contributed by atoms with Crippen LogP contribution in [0.5, 0.6) is 0 Å². The van der Waals surface area contributed by atoms with Crippen molar-refractivity contribution < 1.29 is 4.57 Å². The van der Waals surface area contributed by atoms with Gasteiger partial charge in [0.15, 0.2) is 0 Å². The molecule has 3 aliphatic heterocycles. The van der Waals surface area contributed by atoms with Gasteiger partial charge >= 0.3 is 0 Å². The summed E-state index contributed by atoms with van der Waals surface area (Å²) in [6.45, 7) is 22.7. The van der Waals surface area contributed by atoms with E-state index >= 15 is 0 Å². The Morgan fingerprint density at radius 3 is 1.37 bits per heavy atom. The number of hydrogen-bond donors (Lipinski definition) is 2. The molecule has 0 atom stereocenters. The zero-order valence-corrected chi connectivity index (χ0v) is 22.2. The van der Waals surface area contributed by atoms with E-state index in [1.54, 1.807) is 0 Å². The first-order chi connectivity index (χ1) is 13.6. The lowest BCUT2D eigenvalue weighted by Gasteiger charge is -2.57. The van der Waals surface area contributed by atoms with Crippen LogP contribution in [0.1, 0.15) is 101 Å². The molecule has 30 heavy (non-hydrogen) atoms. The minimum absolute atomic E-state index is 0.0739. The summed E-state index contributed by atoms with van der Waals surface area (Å²) in [6.07, 6.45) is 7.22. The van der Waals surface area contributed by atoms with Crippen LogP contribution in [0.3, 0.4) is 0 Å². The molecule has 2 N–H and O–H groups in total. The minimum atomic E-state index is -2.59. The fourth-order valence-electron chi connectivity index (χ4n) is 7.24. The van der Waals surface area contributed by atoms with Crippen LogP contribution in [0, 0.1) is 0 Å². The molecule has 3 heterocycles. The van der Waals surface area contributed by atoms with E-state index in [1.807, 2.05) is 0 Å². The molecule has 0 aromatic rings. The molecular formula is C24H49N4OP. The largest absolute Gasteiger partial charge is 0.307 e. The average Bonchev–Trinajstić information content (AvgIpc) is 2.48. The third-order valence-corrected chi connectivity index (χ3v) is 11.0. The normalized spacial score (nSPS) is 32.2. The standard InChI is InChI=1S/C24H49N4OP/c1-10-14-30(29)27(19-15-21(2,3)25-22(4,5)16-19)12-11-13-28(30)20-17-23(6,7)26-24(8,9)18-20/h19-20,25-26H,10-18H2,1-9H3. The Hall–Kier alpha value is 0.0700. The third kappa shape index (κ3) is 5.34. The molecule has 3 fully saturated rings. The summed E-state index contributed by atoms with van der Waals surface area (Å²) in [5, 5.41) is 7.64. The molecule has 0 aromatic heterocycles. The molecule has 0 saturated carbocycles. The molecule has 5 nitrogen and oxygen atoms in total. The summed E-state index contributed by atoms with van der Waals surface area (Å²) in [5.41, 5.74) is 0.296. The molecule has 0 radical (unpaired) electrons. The first-order valence-corrected chi connectivity index (χ1v) is 14.1. The average molecular weight is 441 g/mol. The van der Waals surface area contributed by atoms with Gasteiger partial charge in [0.05, 0.1) is 0 Å². The van der Waals surface area contributed by atoms with Crippen LogP contribution in [-0.4, -0.2) is 62.8 Å². The van der Waals surface area contributed by atoms with Gasteiger partial charge in [0.25, 0.3) is 0 Å². The van der Waals surface area contributed by atoms with Gasteiger partial charge in [0.2, 0.25) is 7.44 Å². The summed E-state index contributed by atoms with van der Waals surface area (Å²) in [6, 6.07) is 0.776. The monoisotopic (exact) mass is 440 g/mol. The SMILES string of the molecule is CCCP1(=O)N(C2CC(C)(C)NC(C)(C)C2)CCCN1C1CC(C)(C)NC(C)(C)C1. The van der Waals surface area contributed by atoms with E-state index in [0.29, 0.717) is 12.1 Å². The predicted octanol–water partition coefficient (Wildman–Crippen LogP) is 5.22. The maximum absolute atomic E-state index is 14.9. The highest BCUT2D eigenvalue weighted by Gasteiger charge is 2.51. The van der Waals surface area contributed by atoms with Crippen LogP contribution >= 0.6 is 7.44 Å². The van der Waals surface area contributed by atoms with E-state index in [1.165, 1.54) is 0 Å². The second-order valence-electron chi connectivity index (χ2n) is 13.0. The van der Waals surface area contributed by atoms with E-state index in [4.69, 9.17) is 0 Å². The van der Waals surface area contributed by atoms with Crippen molar-refractivity contribution in [3.63, 3.8) is 0 Å². The maximum atomic E-state index is 14.9. The molecule has 3 saturated heterocycles. The van der Waals surface area contributed by atoms with Crippen molar-refractivity contribution in [3.8, 4) is 0 Å². The van der Waals surface area contributed by atoms with Crippen LogP contribution in [0.2, 0.25) is 0 Å². The van der Waals surface area contributed by atoms with Gasteiger partial charge in [0, 0.05) is 53.5 Å². The summed E-state index contributed by atoms with van der Waals surface area (Å²) >= 11 is 0. The Morgan fingerprint density at radius 1 is 0.733 bits per heavy atom. The highest BCUT2D eigenvalue weighted by molar-refractivity contribution is 7.59. The Morgan fingerprint density at radius 2 is 1.07 bits per heavy atom. The molecule has 0 spiro atoms. The quantitative estimate of drug-likeness (QED) is 0.587. The summed E-state index contributed by atoms with van der Waals surface area (Å²) in [7, 11) is -2.59. The smallest absolute Gasteiger partial charge is 0.217 e. The number of nitrogens with zero attached hydrogens (tertiary/aromatic N) is 2. The second-order valence-corrected chi connectivity index (χ2v) is 15.8. The van der Waals surface area contributed by atoms with Gasteiger partial charge in [-0.25, -0.2) is 9.34 Å². The molecular weight excluding hydrogens is 391 g/mol. The molecule has 3 aliphatic rings. The third-order valence-electron chi connectivity index (χ3n) is 7.27. The fraction of sp³-hybridized carbons (Fsp3) is 1.00. The molecule has 6 heteroatoms. The Balaban J connectivity index is 1.93. The Labute approximate surface area is 186 Å². The predicted molar refractivity (Wildman–Crippen MR) is 129 cm³/mol. The second kappa shape index (κ2) is 8.13. The highest BCUT2D eigenvalue weighted by Crippen LogP contribution is 2.61. The van der Waals surface area contributed by atoms with E-state index in [-0.39, 0.29) is 22.2 Å². The minimum Gasteiger partial charge on any atom is -0.307 e. The highest BCUT2D eigenvalue weighted by atomic mass is 31.2. The molecule has 0 aliphatic carbocycles.